The number of hydrogen-bond acceptors (Lipinski definition) is 4. The molecule has 1 saturated heterocycles. The van der Waals surface area contributed by atoms with Crippen LogP contribution in [0.15, 0.2) is 0 Å². The summed E-state index contributed by atoms with van der Waals surface area (Å²) in [6, 6.07) is 0.223. The van der Waals surface area contributed by atoms with Gasteiger partial charge in [-0.25, -0.2) is 12.7 Å². The zero-order valence-corrected chi connectivity index (χ0v) is 14.4. The zero-order valence-electron chi connectivity index (χ0n) is 13.6. The van der Waals surface area contributed by atoms with Gasteiger partial charge in [0.25, 0.3) is 0 Å². The van der Waals surface area contributed by atoms with Crippen molar-refractivity contribution in [2.24, 2.45) is 5.92 Å². The molecular weight excluding hydrogens is 286 g/mol. The van der Waals surface area contributed by atoms with Gasteiger partial charge in [0.1, 0.15) is 0 Å². The van der Waals surface area contributed by atoms with Crippen LogP contribution < -0.4 is 5.32 Å². The highest BCUT2D eigenvalue weighted by molar-refractivity contribution is 7.89. The van der Waals surface area contributed by atoms with E-state index in [4.69, 9.17) is 0 Å². The fraction of sp³-hybridized carbons (Fsp3) is 1.00. The number of rotatable bonds is 6. The Bertz CT molecular complexity index is 399. The van der Waals surface area contributed by atoms with Crippen LogP contribution in [0.1, 0.15) is 39.0 Å². The van der Waals surface area contributed by atoms with Gasteiger partial charge in [0.05, 0.1) is 5.75 Å². The van der Waals surface area contributed by atoms with E-state index in [-0.39, 0.29) is 11.8 Å². The van der Waals surface area contributed by atoms with Crippen LogP contribution in [0.3, 0.4) is 0 Å². The van der Waals surface area contributed by atoms with Gasteiger partial charge in [0, 0.05) is 45.8 Å². The molecule has 0 radical (unpaired) electrons. The Balaban J connectivity index is 1.80. The van der Waals surface area contributed by atoms with Gasteiger partial charge < -0.3 is 5.32 Å². The van der Waals surface area contributed by atoms with E-state index in [0.717, 1.165) is 44.9 Å². The number of nitrogens with zero attached hydrogens (tertiary/aromatic N) is 2. The van der Waals surface area contributed by atoms with E-state index < -0.39 is 10.0 Å². The lowest BCUT2D eigenvalue weighted by molar-refractivity contribution is 0.228. The molecule has 1 N–H and O–H groups in total. The highest BCUT2D eigenvalue weighted by atomic mass is 32.2. The number of nitrogens with one attached hydrogen (secondary N) is 1. The first-order chi connectivity index (χ1) is 10.0. The summed E-state index contributed by atoms with van der Waals surface area (Å²) in [6.07, 6.45) is 5.65. The molecule has 2 aliphatic rings. The van der Waals surface area contributed by atoms with Crippen molar-refractivity contribution in [3.63, 3.8) is 0 Å². The van der Waals surface area contributed by atoms with Crippen molar-refractivity contribution in [1.29, 1.82) is 0 Å². The van der Waals surface area contributed by atoms with Crippen LogP contribution >= 0.6 is 0 Å². The minimum Gasteiger partial charge on any atom is -0.314 e. The van der Waals surface area contributed by atoms with Crippen LogP contribution in [0.5, 0.6) is 0 Å². The molecule has 2 rings (SSSR count). The summed E-state index contributed by atoms with van der Waals surface area (Å²) in [5.74, 6) is 1.07. The average molecular weight is 317 g/mol. The molecule has 0 amide bonds. The molecule has 2 fully saturated rings. The Hall–Kier alpha value is -0.170. The summed E-state index contributed by atoms with van der Waals surface area (Å²) >= 11 is 0. The fourth-order valence-electron chi connectivity index (χ4n) is 3.47. The molecule has 0 aromatic carbocycles. The van der Waals surface area contributed by atoms with E-state index in [1.54, 1.807) is 11.4 Å². The smallest absolute Gasteiger partial charge is 0.215 e. The Morgan fingerprint density at radius 1 is 1.14 bits per heavy atom. The van der Waals surface area contributed by atoms with E-state index in [0.29, 0.717) is 6.54 Å². The Morgan fingerprint density at radius 2 is 1.76 bits per heavy atom. The van der Waals surface area contributed by atoms with Crippen molar-refractivity contribution in [2.75, 3.05) is 45.5 Å². The molecular formula is C15H31N3O2S. The summed E-state index contributed by atoms with van der Waals surface area (Å²) in [5.41, 5.74) is 0. The van der Waals surface area contributed by atoms with Gasteiger partial charge in [0.2, 0.25) is 10.0 Å². The van der Waals surface area contributed by atoms with Crippen LogP contribution in [0.25, 0.3) is 0 Å². The van der Waals surface area contributed by atoms with E-state index >= 15 is 0 Å². The molecule has 21 heavy (non-hydrogen) atoms. The summed E-state index contributed by atoms with van der Waals surface area (Å²) in [4.78, 5) is 2.25. The van der Waals surface area contributed by atoms with E-state index in [1.165, 1.54) is 19.3 Å². The summed E-state index contributed by atoms with van der Waals surface area (Å²) in [5, 5.41) is 3.29. The molecule has 1 heterocycles. The van der Waals surface area contributed by atoms with Gasteiger partial charge in [-0.2, -0.15) is 0 Å². The minimum atomic E-state index is -3.11. The van der Waals surface area contributed by atoms with Crippen LogP contribution in [0.2, 0.25) is 0 Å². The second-order valence-electron chi connectivity index (χ2n) is 6.51. The number of sulfonamides is 1. The summed E-state index contributed by atoms with van der Waals surface area (Å²) in [7, 11) is -1.33. The van der Waals surface area contributed by atoms with E-state index in [1.807, 2.05) is 0 Å². The molecule has 0 atom stereocenters. The maximum Gasteiger partial charge on any atom is 0.215 e. The normalized spacial score (nSPS) is 28.9. The average Bonchev–Trinajstić information content (AvgIpc) is 2.53. The number of hydrogen-bond donors (Lipinski definition) is 1. The van der Waals surface area contributed by atoms with Gasteiger partial charge in [0.15, 0.2) is 0 Å². The Kier molecular flexibility index (Phi) is 6.47. The van der Waals surface area contributed by atoms with Gasteiger partial charge in [-0.3, -0.25) is 4.90 Å². The second-order valence-corrected chi connectivity index (χ2v) is 8.65. The SMILES string of the molecule is CCC1CCC(N(C)S(=O)(=O)CCN2CCNCC2)CC1. The highest BCUT2D eigenvalue weighted by Crippen LogP contribution is 2.30. The van der Waals surface area contributed by atoms with Crippen molar-refractivity contribution in [1.82, 2.24) is 14.5 Å². The molecule has 0 aromatic rings. The molecule has 1 saturated carbocycles. The third-order valence-electron chi connectivity index (χ3n) is 5.22. The summed E-state index contributed by atoms with van der Waals surface area (Å²) < 4.78 is 26.7. The van der Waals surface area contributed by atoms with Crippen LogP contribution in [-0.2, 0) is 10.0 Å². The molecule has 6 heteroatoms. The quantitative estimate of drug-likeness (QED) is 0.798. The molecule has 0 unspecified atom stereocenters. The highest BCUT2D eigenvalue weighted by Gasteiger charge is 2.30. The lowest BCUT2D eigenvalue weighted by Gasteiger charge is -2.34. The Morgan fingerprint density at radius 3 is 2.33 bits per heavy atom. The van der Waals surface area contributed by atoms with Crippen LogP contribution in [0.4, 0.5) is 0 Å². The molecule has 0 spiro atoms. The first-order valence-electron chi connectivity index (χ1n) is 8.41. The topological polar surface area (TPSA) is 52.7 Å². The zero-order chi connectivity index (χ0) is 15.3. The monoisotopic (exact) mass is 317 g/mol. The molecule has 124 valence electrons. The first-order valence-corrected chi connectivity index (χ1v) is 10.0. The maximum atomic E-state index is 12.5. The Labute approximate surface area is 130 Å². The fourth-order valence-corrected chi connectivity index (χ4v) is 4.91. The van der Waals surface area contributed by atoms with Crippen LogP contribution in [-0.4, -0.2) is 69.2 Å². The van der Waals surface area contributed by atoms with Crippen molar-refractivity contribution >= 4 is 10.0 Å². The molecule has 5 nitrogen and oxygen atoms in total. The lowest BCUT2D eigenvalue weighted by Crippen LogP contribution is -2.47. The van der Waals surface area contributed by atoms with Crippen molar-refractivity contribution in [2.45, 2.75) is 45.1 Å². The molecule has 1 aliphatic carbocycles. The number of piperazine rings is 1. The van der Waals surface area contributed by atoms with Crippen molar-refractivity contribution < 1.29 is 8.42 Å². The minimum absolute atomic E-state index is 0.223. The lowest BCUT2D eigenvalue weighted by atomic mass is 9.85. The van der Waals surface area contributed by atoms with Gasteiger partial charge >= 0.3 is 0 Å². The molecule has 0 bridgehead atoms. The van der Waals surface area contributed by atoms with Gasteiger partial charge in [-0.1, -0.05) is 13.3 Å². The second kappa shape index (κ2) is 7.90. The molecule has 1 aliphatic heterocycles. The predicted molar refractivity (Wildman–Crippen MR) is 86.9 cm³/mol. The third-order valence-corrected chi connectivity index (χ3v) is 7.10. The van der Waals surface area contributed by atoms with Crippen molar-refractivity contribution in [3.8, 4) is 0 Å². The maximum absolute atomic E-state index is 12.5. The van der Waals surface area contributed by atoms with Crippen LogP contribution in [0, 0.1) is 5.92 Å². The molecule has 0 aromatic heterocycles. The summed E-state index contributed by atoms with van der Waals surface area (Å²) in [6.45, 7) is 6.76. The standard InChI is InChI=1S/C15H31N3O2S/c1-3-14-4-6-15(7-5-14)17(2)21(19,20)13-12-18-10-8-16-9-11-18/h14-16H,3-13H2,1-2H3. The van der Waals surface area contributed by atoms with E-state index in [2.05, 4.69) is 17.1 Å². The van der Waals surface area contributed by atoms with Gasteiger partial charge in [-0.15, -0.1) is 0 Å². The van der Waals surface area contributed by atoms with Crippen molar-refractivity contribution in [3.05, 3.63) is 0 Å². The van der Waals surface area contributed by atoms with Gasteiger partial charge in [-0.05, 0) is 31.6 Å². The van der Waals surface area contributed by atoms with E-state index in [9.17, 15) is 8.42 Å². The first kappa shape index (κ1) is 17.2. The largest absolute Gasteiger partial charge is 0.314 e. The third kappa shape index (κ3) is 4.91. The predicted octanol–water partition coefficient (Wildman–Crippen LogP) is 1.12.